The van der Waals surface area contributed by atoms with Gasteiger partial charge in [0.15, 0.2) is 0 Å². The molecule has 3 heterocycles. The van der Waals surface area contributed by atoms with E-state index in [1.54, 1.807) is 12.4 Å². The van der Waals surface area contributed by atoms with Crippen LogP contribution in [0.5, 0.6) is 0 Å². The molecule has 1 N–H and O–H groups in total. The molecule has 0 saturated carbocycles. The predicted molar refractivity (Wildman–Crippen MR) is 82.3 cm³/mol. The summed E-state index contributed by atoms with van der Waals surface area (Å²) in [6.45, 7) is 1.98. The Labute approximate surface area is 123 Å². The van der Waals surface area contributed by atoms with E-state index in [1.807, 2.05) is 18.3 Å². The lowest BCUT2D eigenvalue weighted by Crippen LogP contribution is -2.35. The quantitative estimate of drug-likeness (QED) is 0.783. The van der Waals surface area contributed by atoms with Crippen LogP contribution in [0.1, 0.15) is 24.6 Å². The van der Waals surface area contributed by atoms with E-state index in [-0.39, 0.29) is 0 Å². The average molecular weight is 279 g/mol. The van der Waals surface area contributed by atoms with Crippen molar-refractivity contribution in [3.05, 3.63) is 48.7 Å². The first kappa shape index (κ1) is 12.3. The summed E-state index contributed by atoms with van der Waals surface area (Å²) in [5.41, 5.74) is 2.16. The number of hydrogen-bond acceptors (Lipinski definition) is 4. The van der Waals surface area contributed by atoms with Crippen LogP contribution in [0.4, 0.5) is 5.82 Å². The fraction of sp³-hybridized carbons (Fsp3) is 0.312. The number of piperidine rings is 1. The summed E-state index contributed by atoms with van der Waals surface area (Å²) < 4.78 is 0. The van der Waals surface area contributed by atoms with Gasteiger partial charge in [0.1, 0.15) is 11.6 Å². The number of H-pyrrole nitrogens is 1. The molecule has 2 aromatic heterocycles. The summed E-state index contributed by atoms with van der Waals surface area (Å²) in [4.78, 5) is 19.1. The molecule has 1 aliphatic heterocycles. The Bertz CT molecular complexity index is 704. The first-order chi connectivity index (χ1) is 10.4. The van der Waals surface area contributed by atoms with Crippen molar-refractivity contribution in [1.82, 2.24) is 19.9 Å². The minimum Gasteiger partial charge on any atom is -0.355 e. The largest absolute Gasteiger partial charge is 0.355 e. The van der Waals surface area contributed by atoms with Gasteiger partial charge in [0.25, 0.3) is 0 Å². The molecule has 21 heavy (non-hydrogen) atoms. The molecule has 3 aromatic rings. The molecule has 4 rings (SSSR count). The van der Waals surface area contributed by atoms with Gasteiger partial charge in [-0.05, 0) is 25.0 Å². The lowest BCUT2D eigenvalue weighted by Gasteiger charge is -2.32. The topological polar surface area (TPSA) is 57.7 Å². The van der Waals surface area contributed by atoms with Crippen LogP contribution >= 0.6 is 0 Å². The van der Waals surface area contributed by atoms with Crippen molar-refractivity contribution in [2.75, 3.05) is 18.0 Å². The number of hydrogen-bond donors (Lipinski definition) is 1. The number of para-hydroxylation sites is 2. The molecule has 1 unspecified atom stereocenters. The summed E-state index contributed by atoms with van der Waals surface area (Å²) in [7, 11) is 0. The Morgan fingerprint density at radius 1 is 1.19 bits per heavy atom. The van der Waals surface area contributed by atoms with Crippen molar-refractivity contribution in [2.24, 2.45) is 0 Å². The van der Waals surface area contributed by atoms with Crippen LogP contribution in [-0.2, 0) is 0 Å². The third kappa shape index (κ3) is 2.35. The predicted octanol–water partition coefficient (Wildman–Crippen LogP) is 2.74. The number of nitrogens with zero attached hydrogens (tertiary/aromatic N) is 4. The normalized spacial score (nSPS) is 19.0. The standard InChI is InChI=1S/C16H17N5/c1-2-6-14-13(5-1)19-16(20-14)12-4-3-9-21(11-12)15-10-17-7-8-18-15/h1-2,5-8,10,12H,3-4,9,11H2,(H,19,20). The minimum absolute atomic E-state index is 0.424. The highest BCUT2D eigenvalue weighted by Crippen LogP contribution is 2.28. The fourth-order valence-electron chi connectivity index (χ4n) is 3.03. The molecule has 5 nitrogen and oxygen atoms in total. The first-order valence-electron chi connectivity index (χ1n) is 7.36. The van der Waals surface area contributed by atoms with E-state index in [0.717, 1.165) is 48.6 Å². The molecule has 1 atom stereocenters. The Hall–Kier alpha value is -2.43. The summed E-state index contributed by atoms with van der Waals surface area (Å²) >= 11 is 0. The third-order valence-electron chi connectivity index (χ3n) is 4.09. The van der Waals surface area contributed by atoms with Crippen molar-refractivity contribution in [3.8, 4) is 0 Å². The van der Waals surface area contributed by atoms with Crippen molar-refractivity contribution in [2.45, 2.75) is 18.8 Å². The van der Waals surface area contributed by atoms with Gasteiger partial charge in [0.2, 0.25) is 0 Å². The third-order valence-corrected chi connectivity index (χ3v) is 4.09. The highest BCUT2D eigenvalue weighted by molar-refractivity contribution is 5.74. The fourth-order valence-corrected chi connectivity index (χ4v) is 3.03. The van der Waals surface area contributed by atoms with Gasteiger partial charge >= 0.3 is 0 Å². The molecular weight excluding hydrogens is 262 g/mol. The van der Waals surface area contributed by atoms with Gasteiger partial charge in [-0.1, -0.05) is 12.1 Å². The number of imidazole rings is 1. The molecule has 0 aliphatic carbocycles. The lowest BCUT2D eigenvalue weighted by molar-refractivity contribution is 0.492. The van der Waals surface area contributed by atoms with Gasteiger partial charge in [-0.2, -0.15) is 0 Å². The van der Waals surface area contributed by atoms with Crippen LogP contribution in [0.2, 0.25) is 0 Å². The van der Waals surface area contributed by atoms with Crippen LogP contribution in [0.15, 0.2) is 42.9 Å². The van der Waals surface area contributed by atoms with E-state index in [0.29, 0.717) is 5.92 Å². The maximum absolute atomic E-state index is 4.75. The molecule has 106 valence electrons. The molecule has 1 fully saturated rings. The summed E-state index contributed by atoms with van der Waals surface area (Å²) in [6.07, 6.45) is 7.61. The van der Waals surface area contributed by atoms with Gasteiger partial charge in [-0.3, -0.25) is 4.98 Å². The van der Waals surface area contributed by atoms with Crippen LogP contribution in [0, 0.1) is 0 Å². The molecule has 1 aliphatic rings. The van der Waals surface area contributed by atoms with E-state index >= 15 is 0 Å². The zero-order valence-electron chi connectivity index (χ0n) is 11.7. The molecule has 0 spiro atoms. The number of rotatable bonds is 2. The Balaban J connectivity index is 1.60. The van der Waals surface area contributed by atoms with Crippen LogP contribution < -0.4 is 4.90 Å². The lowest BCUT2D eigenvalue weighted by atomic mass is 9.97. The summed E-state index contributed by atoms with van der Waals surface area (Å²) in [5.74, 6) is 2.47. The van der Waals surface area contributed by atoms with Crippen molar-refractivity contribution < 1.29 is 0 Å². The second kappa shape index (κ2) is 5.16. The molecule has 0 amide bonds. The van der Waals surface area contributed by atoms with Crippen molar-refractivity contribution in [3.63, 3.8) is 0 Å². The number of aromatic amines is 1. The average Bonchev–Trinajstić information content (AvgIpc) is 3.00. The van der Waals surface area contributed by atoms with Gasteiger partial charge in [0, 0.05) is 31.4 Å². The van der Waals surface area contributed by atoms with Crippen molar-refractivity contribution >= 4 is 16.9 Å². The minimum atomic E-state index is 0.424. The maximum atomic E-state index is 4.75. The van der Waals surface area contributed by atoms with E-state index in [9.17, 15) is 0 Å². The Kier molecular flexibility index (Phi) is 3.03. The van der Waals surface area contributed by atoms with E-state index in [4.69, 9.17) is 4.98 Å². The number of nitrogens with one attached hydrogen (secondary N) is 1. The molecule has 1 saturated heterocycles. The first-order valence-corrected chi connectivity index (χ1v) is 7.36. The molecule has 5 heteroatoms. The molecule has 0 bridgehead atoms. The van der Waals surface area contributed by atoms with Gasteiger partial charge in [-0.25, -0.2) is 9.97 Å². The number of benzene rings is 1. The van der Waals surface area contributed by atoms with Gasteiger partial charge in [-0.15, -0.1) is 0 Å². The van der Waals surface area contributed by atoms with Crippen LogP contribution in [-0.4, -0.2) is 33.0 Å². The zero-order valence-corrected chi connectivity index (χ0v) is 11.7. The number of aromatic nitrogens is 4. The Morgan fingerprint density at radius 3 is 3.00 bits per heavy atom. The Morgan fingerprint density at radius 2 is 2.14 bits per heavy atom. The number of fused-ring (bicyclic) bond motifs is 1. The van der Waals surface area contributed by atoms with E-state index < -0.39 is 0 Å². The van der Waals surface area contributed by atoms with Gasteiger partial charge < -0.3 is 9.88 Å². The molecule has 0 radical (unpaired) electrons. The molecular formula is C16H17N5. The highest BCUT2D eigenvalue weighted by atomic mass is 15.2. The summed E-state index contributed by atoms with van der Waals surface area (Å²) in [6, 6.07) is 8.20. The second-order valence-corrected chi connectivity index (χ2v) is 5.49. The van der Waals surface area contributed by atoms with E-state index in [1.165, 1.54) is 0 Å². The SMILES string of the molecule is c1ccc2[nH]c(C3CCCN(c4cnccn4)C3)nc2c1. The monoisotopic (exact) mass is 279 g/mol. The van der Waals surface area contributed by atoms with Crippen LogP contribution in [0.3, 0.4) is 0 Å². The van der Waals surface area contributed by atoms with Crippen molar-refractivity contribution in [1.29, 1.82) is 0 Å². The molecule has 1 aromatic carbocycles. The van der Waals surface area contributed by atoms with Gasteiger partial charge in [0.05, 0.1) is 17.2 Å². The van der Waals surface area contributed by atoms with Crippen LogP contribution in [0.25, 0.3) is 11.0 Å². The van der Waals surface area contributed by atoms with E-state index in [2.05, 4.69) is 32.0 Å². The highest BCUT2D eigenvalue weighted by Gasteiger charge is 2.24. The second-order valence-electron chi connectivity index (χ2n) is 5.49. The summed E-state index contributed by atoms with van der Waals surface area (Å²) in [5, 5.41) is 0. The maximum Gasteiger partial charge on any atom is 0.147 e. The smallest absolute Gasteiger partial charge is 0.147 e. The zero-order chi connectivity index (χ0) is 14.1. The number of anilines is 1.